The van der Waals surface area contributed by atoms with Gasteiger partial charge >= 0.3 is 12.3 Å². The first kappa shape index (κ1) is 21.8. The van der Waals surface area contributed by atoms with Crippen molar-refractivity contribution in [3.8, 4) is 22.6 Å². The van der Waals surface area contributed by atoms with Crippen LogP contribution in [0.3, 0.4) is 0 Å². The zero-order chi connectivity index (χ0) is 23.0. The van der Waals surface area contributed by atoms with Gasteiger partial charge in [-0.25, -0.2) is 13.8 Å². The number of aliphatic imine (C=N–C) groups is 1. The number of aryl methyl sites for hydroxylation is 1. The third kappa shape index (κ3) is 3.70. The minimum atomic E-state index is -4.39. The monoisotopic (exact) mass is 468 g/mol. The van der Waals surface area contributed by atoms with Crippen LogP contribution in [0.4, 0.5) is 23.4 Å². The molecule has 0 spiro atoms. The first-order chi connectivity index (χ1) is 15.3. The average Bonchev–Trinajstić information content (AvgIpc) is 3.38. The maximum absolute atomic E-state index is 13.9. The number of nitrogens with two attached hydrogens (primary N) is 1. The van der Waals surface area contributed by atoms with E-state index in [9.17, 15) is 17.6 Å². The van der Waals surface area contributed by atoms with Crippen LogP contribution in [0.5, 0.6) is 0 Å². The lowest BCUT2D eigenvalue weighted by Gasteiger charge is -2.21. The van der Waals surface area contributed by atoms with Gasteiger partial charge in [0.2, 0.25) is 5.82 Å². The lowest BCUT2D eigenvalue weighted by atomic mass is 10.1. The van der Waals surface area contributed by atoms with Crippen molar-refractivity contribution in [3.05, 3.63) is 47.6 Å². The highest BCUT2D eigenvalue weighted by Crippen LogP contribution is 2.39. The van der Waals surface area contributed by atoms with Gasteiger partial charge < -0.3 is 20.2 Å². The summed E-state index contributed by atoms with van der Waals surface area (Å²) in [6.45, 7) is 0.300. The Labute approximate surface area is 184 Å². The van der Waals surface area contributed by atoms with E-state index in [1.165, 1.54) is 12.4 Å². The van der Waals surface area contributed by atoms with Gasteiger partial charge in [-0.2, -0.15) is 8.78 Å². The molecule has 3 aromatic heterocycles. The van der Waals surface area contributed by atoms with Crippen molar-refractivity contribution in [1.29, 1.82) is 0 Å². The van der Waals surface area contributed by atoms with Crippen molar-refractivity contribution < 1.29 is 17.6 Å². The highest BCUT2D eigenvalue weighted by Gasteiger charge is 2.48. The molecular weight excluding hydrogens is 452 g/mol. The van der Waals surface area contributed by atoms with Gasteiger partial charge in [-0.05, 0) is 24.4 Å². The SMILES string of the molecule is CN=C(C=CN)Nc1cc(-c2cc3n(c2)CCn2c-3nnc2C(F)(F)C(F)F)c(Cl)cn1. The number of amidine groups is 1. The van der Waals surface area contributed by atoms with Gasteiger partial charge in [0.1, 0.15) is 11.7 Å². The van der Waals surface area contributed by atoms with E-state index in [0.717, 1.165) is 4.57 Å². The minimum absolute atomic E-state index is 0.0275. The van der Waals surface area contributed by atoms with E-state index in [1.54, 1.807) is 36.0 Å². The van der Waals surface area contributed by atoms with Gasteiger partial charge in [0.15, 0.2) is 5.82 Å². The van der Waals surface area contributed by atoms with Crippen LogP contribution < -0.4 is 11.1 Å². The molecule has 1 aliphatic heterocycles. The maximum Gasteiger partial charge on any atom is 0.365 e. The Kier molecular flexibility index (Phi) is 5.63. The van der Waals surface area contributed by atoms with Crippen LogP contribution in [0.2, 0.25) is 5.02 Å². The van der Waals surface area contributed by atoms with Crippen LogP contribution in [0.1, 0.15) is 5.82 Å². The molecule has 0 saturated carbocycles. The highest BCUT2D eigenvalue weighted by atomic mass is 35.5. The molecule has 4 rings (SSSR count). The predicted octanol–water partition coefficient (Wildman–Crippen LogP) is 3.75. The highest BCUT2D eigenvalue weighted by molar-refractivity contribution is 6.33. The van der Waals surface area contributed by atoms with Crippen LogP contribution >= 0.6 is 11.6 Å². The third-order valence-electron chi connectivity index (χ3n) is 4.93. The number of pyridine rings is 1. The molecule has 3 N–H and O–H groups in total. The molecule has 13 heteroatoms. The van der Waals surface area contributed by atoms with E-state index in [-0.39, 0.29) is 18.9 Å². The van der Waals surface area contributed by atoms with E-state index >= 15 is 0 Å². The predicted molar refractivity (Wildman–Crippen MR) is 112 cm³/mol. The summed E-state index contributed by atoms with van der Waals surface area (Å²) in [6.07, 6.45) is 2.24. The fourth-order valence-corrected chi connectivity index (χ4v) is 3.62. The number of aromatic nitrogens is 5. The molecule has 168 valence electrons. The summed E-state index contributed by atoms with van der Waals surface area (Å²) >= 11 is 6.35. The normalized spacial score (nSPS) is 14.2. The van der Waals surface area contributed by atoms with Gasteiger partial charge in [-0.15, -0.1) is 10.2 Å². The smallest absolute Gasteiger partial charge is 0.365 e. The van der Waals surface area contributed by atoms with Crippen molar-refractivity contribution in [2.24, 2.45) is 10.7 Å². The van der Waals surface area contributed by atoms with E-state index < -0.39 is 18.2 Å². The van der Waals surface area contributed by atoms with Crippen LogP contribution in [-0.2, 0) is 19.0 Å². The summed E-state index contributed by atoms with van der Waals surface area (Å²) in [5.74, 6) is -4.44. The van der Waals surface area contributed by atoms with Crippen molar-refractivity contribution in [2.45, 2.75) is 25.4 Å². The molecule has 0 unspecified atom stereocenters. The van der Waals surface area contributed by atoms with Crippen LogP contribution in [-0.4, -0.2) is 43.6 Å². The summed E-state index contributed by atoms with van der Waals surface area (Å²) in [5, 5.41) is 10.5. The molecule has 0 radical (unpaired) electrons. The summed E-state index contributed by atoms with van der Waals surface area (Å²) in [5.41, 5.74) is 7.13. The van der Waals surface area contributed by atoms with Gasteiger partial charge in [-0.1, -0.05) is 11.6 Å². The Morgan fingerprint density at radius 3 is 2.78 bits per heavy atom. The number of nitrogens with one attached hydrogen (secondary N) is 1. The molecule has 32 heavy (non-hydrogen) atoms. The first-order valence-electron chi connectivity index (χ1n) is 9.34. The third-order valence-corrected chi connectivity index (χ3v) is 5.23. The van der Waals surface area contributed by atoms with Gasteiger partial charge in [0.25, 0.3) is 0 Å². The molecule has 0 amide bonds. The largest absolute Gasteiger partial charge is 0.404 e. The van der Waals surface area contributed by atoms with Gasteiger partial charge in [-0.3, -0.25) is 4.99 Å². The van der Waals surface area contributed by atoms with Gasteiger partial charge in [0.05, 0.1) is 10.7 Å². The summed E-state index contributed by atoms with van der Waals surface area (Å²) in [6, 6.07) is 3.38. The molecule has 1 aliphatic rings. The number of hydrogen-bond donors (Lipinski definition) is 2. The second-order valence-electron chi connectivity index (χ2n) is 6.87. The van der Waals surface area contributed by atoms with Crippen molar-refractivity contribution in [1.82, 2.24) is 24.3 Å². The molecule has 0 fully saturated rings. The molecule has 0 aliphatic carbocycles. The maximum atomic E-state index is 13.9. The Bertz CT molecular complexity index is 1210. The molecule has 8 nitrogen and oxygen atoms in total. The molecule has 0 bridgehead atoms. The first-order valence-corrected chi connectivity index (χ1v) is 9.72. The number of anilines is 1. The lowest BCUT2D eigenvalue weighted by molar-refractivity contribution is -0.143. The average molecular weight is 469 g/mol. The summed E-state index contributed by atoms with van der Waals surface area (Å²) in [7, 11) is 1.59. The van der Waals surface area contributed by atoms with Crippen LogP contribution in [0.15, 0.2) is 41.8 Å². The van der Waals surface area contributed by atoms with Gasteiger partial charge in [0, 0.05) is 43.7 Å². The number of alkyl halides is 4. The molecule has 3 aromatic rings. The Hall–Kier alpha value is -3.41. The van der Waals surface area contributed by atoms with E-state index in [2.05, 4.69) is 25.5 Å². The number of nitrogens with zero attached hydrogens (tertiary/aromatic N) is 6. The number of fused-ring (bicyclic) bond motifs is 3. The molecule has 0 atom stereocenters. The topological polar surface area (TPSA) is 98.9 Å². The fraction of sp³-hybridized carbons (Fsp3) is 0.263. The van der Waals surface area contributed by atoms with E-state index in [4.69, 9.17) is 17.3 Å². The second-order valence-corrected chi connectivity index (χ2v) is 7.28. The summed E-state index contributed by atoms with van der Waals surface area (Å²) in [4.78, 5) is 8.25. The molecule has 4 heterocycles. The molecular formula is C19H17ClF4N8. The zero-order valence-corrected chi connectivity index (χ0v) is 17.4. The fourth-order valence-electron chi connectivity index (χ4n) is 3.41. The van der Waals surface area contributed by atoms with Crippen molar-refractivity contribution in [2.75, 3.05) is 12.4 Å². The second kappa shape index (κ2) is 8.26. The zero-order valence-electron chi connectivity index (χ0n) is 16.6. The number of rotatable bonds is 5. The van der Waals surface area contributed by atoms with E-state index in [1.807, 2.05) is 0 Å². The molecule has 0 saturated heterocycles. The minimum Gasteiger partial charge on any atom is -0.404 e. The number of halogens is 5. The van der Waals surface area contributed by atoms with Crippen molar-refractivity contribution in [3.63, 3.8) is 0 Å². The Morgan fingerprint density at radius 2 is 2.09 bits per heavy atom. The van der Waals surface area contributed by atoms with E-state index in [0.29, 0.717) is 33.5 Å². The lowest BCUT2D eigenvalue weighted by Crippen LogP contribution is -2.30. The number of hydrogen-bond acceptors (Lipinski definition) is 5. The summed E-state index contributed by atoms with van der Waals surface area (Å²) < 4.78 is 56.3. The van der Waals surface area contributed by atoms with Crippen LogP contribution in [0, 0.1) is 0 Å². The standard InChI is InChI=1S/C19H17ClF4N8/c1-26-14(2-3-25)28-15-7-11(12(20)8-27-15)10-6-13-16-29-30-18(19(23,24)17(21)22)32(16)5-4-31(13)9-10/h2-3,6-9,17H,4-5,25H2,1H3,(H,26,27,28). The van der Waals surface area contributed by atoms with Crippen molar-refractivity contribution >= 4 is 23.3 Å². The quantitative estimate of drug-likeness (QED) is 0.337. The molecule has 0 aromatic carbocycles. The Morgan fingerprint density at radius 1 is 1.31 bits per heavy atom. The Balaban J connectivity index is 1.72. The van der Waals surface area contributed by atoms with Crippen LogP contribution in [0.25, 0.3) is 22.6 Å².